The van der Waals surface area contributed by atoms with Crippen molar-refractivity contribution < 1.29 is 13.9 Å². The zero-order valence-corrected chi connectivity index (χ0v) is 24.8. The molecule has 1 amide bonds. The summed E-state index contributed by atoms with van der Waals surface area (Å²) >= 11 is 0. The Morgan fingerprint density at radius 1 is 1.18 bits per heavy atom. The lowest BCUT2D eigenvalue weighted by Crippen LogP contribution is -2.40. The molecule has 0 radical (unpaired) electrons. The van der Waals surface area contributed by atoms with E-state index in [1.807, 2.05) is 43.0 Å². The molecule has 1 aliphatic rings. The Morgan fingerprint density at radius 2 is 2.05 bits per heavy atom. The van der Waals surface area contributed by atoms with E-state index in [0.29, 0.717) is 64.9 Å². The van der Waals surface area contributed by atoms with Gasteiger partial charge in [-0.3, -0.25) is 4.79 Å². The molecule has 0 saturated heterocycles. The van der Waals surface area contributed by atoms with Gasteiger partial charge < -0.3 is 19.9 Å². The molecule has 44 heavy (non-hydrogen) atoms. The molecule has 13 heteroatoms. The van der Waals surface area contributed by atoms with Crippen LogP contribution in [0, 0.1) is 12.7 Å². The fraction of sp³-hybridized carbons (Fsp3) is 0.258. The molecule has 224 valence electrons. The van der Waals surface area contributed by atoms with E-state index in [2.05, 4.69) is 30.4 Å². The number of ether oxygens (including phenoxy) is 1. The number of nitrogens with zero attached hydrogens (tertiary/aromatic N) is 9. The number of anilines is 2. The first-order chi connectivity index (χ1) is 21.3. The van der Waals surface area contributed by atoms with Gasteiger partial charge in [-0.25, -0.2) is 33.8 Å². The van der Waals surface area contributed by atoms with Gasteiger partial charge in [0, 0.05) is 43.0 Å². The summed E-state index contributed by atoms with van der Waals surface area (Å²) in [5.41, 5.74) is 3.04. The van der Waals surface area contributed by atoms with Crippen molar-refractivity contribution in [2.45, 2.75) is 26.3 Å². The van der Waals surface area contributed by atoms with Crippen LogP contribution in [-0.4, -0.2) is 83.5 Å². The van der Waals surface area contributed by atoms with Gasteiger partial charge >= 0.3 is 0 Å². The first-order valence-electron chi connectivity index (χ1n) is 14.1. The second kappa shape index (κ2) is 12.1. The highest BCUT2D eigenvalue weighted by molar-refractivity contribution is 5.89. The van der Waals surface area contributed by atoms with Gasteiger partial charge in [-0.2, -0.15) is 5.10 Å². The summed E-state index contributed by atoms with van der Waals surface area (Å²) in [6, 6.07) is 6.61. The van der Waals surface area contributed by atoms with Crippen molar-refractivity contribution in [3.8, 4) is 11.5 Å². The Labute approximate surface area is 253 Å². The summed E-state index contributed by atoms with van der Waals surface area (Å²) in [4.78, 5) is 38.6. The molecule has 0 aliphatic carbocycles. The monoisotopic (exact) mass is 594 g/mol. The minimum Gasteiger partial charge on any atom is -0.457 e. The smallest absolute Gasteiger partial charge is 0.246 e. The number of amides is 1. The van der Waals surface area contributed by atoms with Crippen LogP contribution in [0.3, 0.4) is 0 Å². The first-order valence-corrected chi connectivity index (χ1v) is 14.1. The second-order valence-electron chi connectivity index (χ2n) is 10.7. The Morgan fingerprint density at radius 3 is 2.86 bits per heavy atom. The van der Waals surface area contributed by atoms with Gasteiger partial charge in [0.2, 0.25) is 5.91 Å². The third kappa shape index (κ3) is 5.95. The molecule has 1 aliphatic heterocycles. The number of nitrogens with one attached hydrogen (secondary N) is 1. The van der Waals surface area contributed by atoms with Gasteiger partial charge in [0.1, 0.15) is 35.2 Å². The summed E-state index contributed by atoms with van der Waals surface area (Å²) in [5, 5.41) is 7.15. The van der Waals surface area contributed by atoms with Crippen LogP contribution >= 0.6 is 0 Å². The summed E-state index contributed by atoms with van der Waals surface area (Å²) in [6.45, 7) is 4.86. The molecule has 5 heterocycles. The predicted octanol–water partition coefficient (Wildman–Crippen LogP) is 4.57. The molecular weight excluding hydrogens is 563 g/mol. The maximum atomic E-state index is 15.6. The van der Waals surface area contributed by atoms with Crippen molar-refractivity contribution in [3.05, 3.63) is 84.7 Å². The zero-order chi connectivity index (χ0) is 30.8. The summed E-state index contributed by atoms with van der Waals surface area (Å²) < 4.78 is 23.2. The quantitative estimate of drug-likeness (QED) is 0.255. The normalized spacial score (nSPS) is 15.4. The van der Waals surface area contributed by atoms with Crippen molar-refractivity contribution >= 4 is 39.7 Å². The number of likely N-dealkylation sites (N-methyl/N-ethyl adjacent to an activating group) is 1. The highest BCUT2D eigenvalue weighted by Gasteiger charge is 2.24. The van der Waals surface area contributed by atoms with Crippen LogP contribution in [0.5, 0.6) is 11.5 Å². The summed E-state index contributed by atoms with van der Waals surface area (Å²) in [5.74, 6) is 1.23. The van der Waals surface area contributed by atoms with Crippen LogP contribution in [0.1, 0.15) is 24.7 Å². The lowest BCUT2D eigenvalue weighted by atomic mass is 10.0. The number of rotatable bonds is 8. The first kappa shape index (κ1) is 28.8. The lowest BCUT2D eigenvalue weighted by Gasteiger charge is -2.31. The highest BCUT2D eigenvalue weighted by atomic mass is 19.1. The van der Waals surface area contributed by atoms with Crippen molar-refractivity contribution in [1.29, 1.82) is 0 Å². The second-order valence-corrected chi connectivity index (χ2v) is 10.7. The van der Waals surface area contributed by atoms with E-state index < -0.39 is 5.82 Å². The molecule has 1 aromatic carbocycles. The largest absolute Gasteiger partial charge is 0.457 e. The van der Waals surface area contributed by atoms with Gasteiger partial charge in [0.15, 0.2) is 23.1 Å². The minimum atomic E-state index is -0.486. The number of hydrogen-bond acceptors (Lipinski definition) is 10. The van der Waals surface area contributed by atoms with Crippen molar-refractivity contribution in [2.75, 3.05) is 32.5 Å². The molecule has 6 rings (SSSR count). The zero-order valence-electron chi connectivity index (χ0n) is 24.8. The SMILES string of the molecule is Cc1c(Oc2ccn3ncnc3c2)ccc(Nc2ncnc3cnc(C4=C[C@@H](C)N(C(=O)/C=C/CN(C)C)CC4)nc23)c1F. The Hall–Kier alpha value is -5.30. The number of aromatic nitrogens is 7. The van der Waals surface area contributed by atoms with Gasteiger partial charge in [-0.1, -0.05) is 12.2 Å². The number of fused-ring (bicyclic) bond motifs is 2. The van der Waals surface area contributed by atoms with Crippen molar-refractivity contribution in [2.24, 2.45) is 0 Å². The van der Waals surface area contributed by atoms with Crippen molar-refractivity contribution in [1.82, 2.24) is 44.3 Å². The van der Waals surface area contributed by atoms with E-state index in [4.69, 9.17) is 9.72 Å². The van der Waals surface area contributed by atoms with E-state index in [9.17, 15) is 4.79 Å². The molecule has 0 spiro atoms. The van der Waals surface area contributed by atoms with Crippen LogP contribution in [0.4, 0.5) is 15.9 Å². The van der Waals surface area contributed by atoms with Crippen LogP contribution in [0.2, 0.25) is 0 Å². The minimum absolute atomic E-state index is 0.0286. The molecule has 0 bridgehead atoms. The maximum Gasteiger partial charge on any atom is 0.246 e. The summed E-state index contributed by atoms with van der Waals surface area (Å²) in [6.07, 6.45) is 12.3. The topological polar surface area (TPSA) is 127 Å². The van der Waals surface area contributed by atoms with E-state index in [1.54, 1.807) is 54.2 Å². The molecule has 5 aromatic rings. The number of hydrogen-bond donors (Lipinski definition) is 1. The highest BCUT2D eigenvalue weighted by Crippen LogP contribution is 2.33. The summed E-state index contributed by atoms with van der Waals surface area (Å²) in [7, 11) is 3.91. The molecule has 0 saturated carbocycles. The third-order valence-electron chi connectivity index (χ3n) is 7.30. The van der Waals surface area contributed by atoms with Crippen LogP contribution < -0.4 is 10.1 Å². The third-order valence-corrected chi connectivity index (χ3v) is 7.30. The molecule has 4 aromatic heterocycles. The lowest BCUT2D eigenvalue weighted by molar-refractivity contribution is -0.127. The Balaban J connectivity index is 1.22. The van der Waals surface area contributed by atoms with Gasteiger partial charge in [0.25, 0.3) is 0 Å². The predicted molar refractivity (Wildman–Crippen MR) is 164 cm³/mol. The number of carbonyl (C=O) groups is 1. The van der Waals surface area contributed by atoms with Crippen LogP contribution in [-0.2, 0) is 4.79 Å². The Kier molecular flexibility index (Phi) is 7.94. The van der Waals surface area contributed by atoms with E-state index in [1.165, 1.54) is 12.7 Å². The molecule has 0 unspecified atom stereocenters. The van der Waals surface area contributed by atoms with Gasteiger partial charge in [-0.05, 0) is 58.1 Å². The fourth-order valence-electron chi connectivity index (χ4n) is 4.96. The number of pyridine rings is 1. The molecule has 0 fully saturated rings. The molecular formula is C31H31FN10O2. The molecule has 1 atom stereocenters. The average molecular weight is 595 g/mol. The van der Waals surface area contributed by atoms with E-state index >= 15 is 4.39 Å². The standard InChI is InChI=1S/C31H31FN10O2/c1-19-14-21(9-12-41(19)27(43)6-5-11-40(3)4)30-33-16-24-29(39-30)31(36-17-34-24)38-23-7-8-25(20(2)28(23)32)44-22-10-13-42-26(15-22)35-18-37-42/h5-8,10,13-19H,9,11-12H2,1-4H3,(H,34,36,38)/b6-5+/t19-/m1/s1. The number of carbonyl (C=O) groups excluding carboxylic acids is 1. The van der Waals surface area contributed by atoms with E-state index in [0.717, 1.165) is 5.57 Å². The van der Waals surface area contributed by atoms with Crippen LogP contribution in [0.15, 0.2) is 67.5 Å². The number of halogens is 1. The average Bonchev–Trinajstić information content (AvgIpc) is 3.48. The fourth-order valence-corrected chi connectivity index (χ4v) is 4.96. The molecule has 12 nitrogen and oxygen atoms in total. The Bertz CT molecular complexity index is 1920. The van der Waals surface area contributed by atoms with Crippen LogP contribution in [0.25, 0.3) is 22.3 Å². The van der Waals surface area contributed by atoms with Crippen molar-refractivity contribution in [3.63, 3.8) is 0 Å². The molecule has 1 N–H and O–H groups in total. The number of benzene rings is 1. The van der Waals surface area contributed by atoms with E-state index in [-0.39, 0.29) is 17.6 Å². The van der Waals surface area contributed by atoms with Gasteiger partial charge in [-0.15, -0.1) is 0 Å². The van der Waals surface area contributed by atoms with Gasteiger partial charge in [0.05, 0.1) is 11.9 Å². The maximum absolute atomic E-state index is 15.6.